The summed E-state index contributed by atoms with van der Waals surface area (Å²) < 4.78 is 18.2. The summed E-state index contributed by atoms with van der Waals surface area (Å²) in [6, 6.07) is 4.92. The summed E-state index contributed by atoms with van der Waals surface area (Å²) in [6.07, 6.45) is 1.39. The number of imidazole rings is 1. The molecule has 11 nitrogen and oxygen atoms in total. The van der Waals surface area contributed by atoms with Gasteiger partial charge in [0.15, 0.2) is 34.2 Å². The van der Waals surface area contributed by atoms with Crippen LogP contribution in [0.4, 0.5) is 11.5 Å². The van der Waals surface area contributed by atoms with Gasteiger partial charge in [0.25, 0.3) is 0 Å². The van der Waals surface area contributed by atoms with Crippen molar-refractivity contribution in [2.75, 3.05) is 38.3 Å². The van der Waals surface area contributed by atoms with Gasteiger partial charge in [-0.15, -0.1) is 0 Å². The minimum Gasteiger partial charge on any atom is -0.490 e. The number of morpholine rings is 1. The van der Waals surface area contributed by atoms with E-state index in [-0.39, 0.29) is 17.7 Å². The fourth-order valence-electron chi connectivity index (χ4n) is 3.47. The molecule has 0 saturated carbocycles. The van der Waals surface area contributed by atoms with Crippen molar-refractivity contribution < 1.29 is 19.1 Å². The van der Waals surface area contributed by atoms with E-state index in [9.17, 15) is 10.1 Å². The Morgan fingerprint density at radius 3 is 2.97 bits per heavy atom. The Hall–Kier alpha value is -2.96. The van der Waals surface area contributed by atoms with Crippen molar-refractivity contribution in [1.82, 2.24) is 19.5 Å². The highest BCUT2D eigenvalue weighted by atomic mass is 32.2. The van der Waals surface area contributed by atoms with E-state index in [1.165, 1.54) is 24.9 Å². The first-order chi connectivity index (χ1) is 15.5. The van der Waals surface area contributed by atoms with Gasteiger partial charge in [0, 0.05) is 32.0 Å². The highest BCUT2D eigenvalue weighted by molar-refractivity contribution is 7.98. The number of methoxy groups -OCH3 is 1. The lowest BCUT2D eigenvalue weighted by Crippen LogP contribution is -2.44. The van der Waals surface area contributed by atoms with Crippen molar-refractivity contribution in [3.8, 4) is 5.75 Å². The van der Waals surface area contributed by atoms with Gasteiger partial charge >= 0.3 is 5.69 Å². The molecule has 3 aromatic rings. The molecule has 0 radical (unpaired) electrons. The lowest BCUT2D eigenvalue weighted by atomic mass is 10.2. The number of hydrogen-bond acceptors (Lipinski definition) is 10. The van der Waals surface area contributed by atoms with Gasteiger partial charge in [-0.1, -0.05) is 17.8 Å². The van der Waals surface area contributed by atoms with Gasteiger partial charge in [0.2, 0.25) is 0 Å². The average molecular weight is 461 g/mol. The van der Waals surface area contributed by atoms with Gasteiger partial charge in [0.1, 0.15) is 0 Å². The molecule has 2 aromatic heterocycles. The summed E-state index contributed by atoms with van der Waals surface area (Å²) in [5.74, 6) is 1.43. The number of aromatic nitrogens is 4. The maximum Gasteiger partial charge on any atom is 0.311 e. The second kappa shape index (κ2) is 9.67. The molecule has 12 heteroatoms. The summed E-state index contributed by atoms with van der Waals surface area (Å²) in [5, 5.41) is 11.9. The van der Waals surface area contributed by atoms with Crippen LogP contribution >= 0.6 is 11.8 Å². The molecule has 1 aliphatic rings. The molecule has 0 amide bonds. The first kappa shape index (κ1) is 22.2. The number of nitro benzene ring substituents is 1. The zero-order valence-electron chi connectivity index (χ0n) is 18.1. The van der Waals surface area contributed by atoms with Gasteiger partial charge in [-0.05, 0) is 18.6 Å². The number of rotatable bonds is 8. The van der Waals surface area contributed by atoms with Crippen molar-refractivity contribution in [2.24, 2.45) is 7.05 Å². The van der Waals surface area contributed by atoms with Gasteiger partial charge < -0.3 is 23.7 Å². The second-order valence-corrected chi connectivity index (χ2v) is 8.05. The Bertz CT molecular complexity index is 1120. The third-order valence-corrected chi connectivity index (χ3v) is 5.93. The molecule has 170 valence electrons. The van der Waals surface area contributed by atoms with E-state index in [2.05, 4.69) is 14.9 Å². The molecule has 1 aromatic carbocycles. The van der Waals surface area contributed by atoms with Crippen molar-refractivity contribution in [2.45, 2.75) is 24.1 Å². The topological polar surface area (TPSA) is 118 Å². The van der Waals surface area contributed by atoms with Crippen molar-refractivity contribution >= 4 is 34.4 Å². The second-order valence-electron chi connectivity index (χ2n) is 7.11. The fraction of sp³-hybridized carbons (Fsp3) is 0.450. The van der Waals surface area contributed by atoms with Crippen LogP contribution in [0.1, 0.15) is 12.5 Å². The van der Waals surface area contributed by atoms with E-state index in [0.29, 0.717) is 42.7 Å². The highest BCUT2D eigenvalue weighted by Gasteiger charge is 2.25. The van der Waals surface area contributed by atoms with Gasteiger partial charge in [0.05, 0.1) is 31.5 Å². The predicted molar refractivity (Wildman–Crippen MR) is 119 cm³/mol. The quantitative estimate of drug-likeness (QED) is 0.215. The molecule has 0 N–H and O–H groups in total. The fourth-order valence-corrected chi connectivity index (χ4v) is 4.25. The zero-order valence-corrected chi connectivity index (χ0v) is 18.9. The normalized spacial score (nSPS) is 16.5. The maximum absolute atomic E-state index is 11.3. The number of anilines is 1. The molecule has 1 aliphatic heterocycles. The summed E-state index contributed by atoms with van der Waals surface area (Å²) in [4.78, 5) is 26.9. The Morgan fingerprint density at radius 1 is 1.38 bits per heavy atom. The molecule has 1 fully saturated rings. The first-order valence-electron chi connectivity index (χ1n) is 10.1. The summed E-state index contributed by atoms with van der Waals surface area (Å²) in [7, 11) is 3.30. The van der Waals surface area contributed by atoms with Crippen LogP contribution in [0.2, 0.25) is 0 Å². The molecular weight excluding hydrogens is 436 g/mol. The number of hydrogen-bond donors (Lipinski definition) is 0. The van der Waals surface area contributed by atoms with E-state index in [0.717, 1.165) is 17.0 Å². The Morgan fingerprint density at radius 2 is 2.22 bits per heavy atom. The molecule has 1 atom stereocenters. The van der Waals surface area contributed by atoms with E-state index in [1.807, 2.05) is 18.5 Å². The van der Waals surface area contributed by atoms with Gasteiger partial charge in [-0.3, -0.25) is 10.1 Å². The SMILES string of the molecule is CCOC1CN(c2nc(SCc3ccc(OC)c([N+](=O)[O-])c3)nc3c2ncn3C)CCO1. The molecule has 1 unspecified atom stereocenters. The summed E-state index contributed by atoms with van der Waals surface area (Å²) in [6.45, 7) is 4.24. The molecule has 0 aliphatic carbocycles. The first-order valence-corrected chi connectivity index (χ1v) is 11.1. The minimum absolute atomic E-state index is 0.0652. The maximum atomic E-state index is 11.3. The van der Waals surface area contributed by atoms with E-state index >= 15 is 0 Å². The van der Waals surface area contributed by atoms with Crippen LogP contribution in [0, 0.1) is 10.1 Å². The van der Waals surface area contributed by atoms with E-state index in [4.69, 9.17) is 19.2 Å². The van der Waals surface area contributed by atoms with Crippen LogP contribution in [0.3, 0.4) is 0 Å². The number of benzene rings is 1. The number of ether oxygens (including phenoxy) is 3. The van der Waals surface area contributed by atoms with Crippen molar-refractivity contribution in [1.29, 1.82) is 0 Å². The predicted octanol–water partition coefficient (Wildman–Crippen LogP) is 2.77. The van der Waals surface area contributed by atoms with E-state index < -0.39 is 4.92 Å². The third-order valence-electron chi connectivity index (χ3n) is 5.02. The molecule has 0 bridgehead atoms. The standard InChI is InChI=1S/C20H24N6O5S/c1-4-30-16-10-25(7-8-31-16)19-17-18(24(2)12-21-17)22-20(23-19)32-11-13-5-6-15(29-3)14(9-13)26(27)28/h5-6,9,12,16H,4,7-8,10-11H2,1-3H3. The summed E-state index contributed by atoms with van der Waals surface area (Å²) in [5.41, 5.74) is 2.15. The average Bonchev–Trinajstić information content (AvgIpc) is 3.18. The number of nitrogens with zero attached hydrogens (tertiary/aromatic N) is 6. The Labute approximate surface area is 188 Å². The molecule has 4 rings (SSSR count). The summed E-state index contributed by atoms with van der Waals surface area (Å²) >= 11 is 1.41. The Kier molecular flexibility index (Phi) is 6.72. The zero-order chi connectivity index (χ0) is 22.7. The van der Waals surface area contributed by atoms with Crippen molar-refractivity contribution in [3.63, 3.8) is 0 Å². The highest BCUT2D eigenvalue weighted by Crippen LogP contribution is 2.32. The van der Waals surface area contributed by atoms with Gasteiger partial charge in [-0.2, -0.15) is 0 Å². The lowest BCUT2D eigenvalue weighted by Gasteiger charge is -2.33. The molecule has 32 heavy (non-hydrogen) atoms. The van der Waals surface area contributed by atoms with Gasteiger partial charge in [-0.25, -0.2) is 15.0 Å². The van der Waals surface area contributed by atoms with Crippen LogP contribution in [0.15, 0.2) is 29.7 Å². The molecule has 1 saturated heterocycles. The van der Waals surface area contributed by atoms with Crippen LogP contribution < -0.4 is 9.64 Å². The lowest BCUT2D eigenvalue weighted by molar-refractivity contribution is -0.385. The third kappa shape index (κ3) is 4.61. The van der Waals surface area contributed by atoms with Crippen LogP contribution in [0.5, 0.6) is 5.75 Å². The molecule has 0 spiro atoms. The Balaban J connectivity index is 1.60. The smallest absolute Gasteiger partial charge is 0.311 e. The number of fused-ring (bicyclic) bond motifs is 1. The van der Waals surface area contributed by atoms with Crippen LogP contribution in [-0.2, 0) is 22.3 Å². The number of nitro groups is 1. The molecule has 3 heterocycles. The van der Waals surface area contributed by atoms with Crippen molar-refractivity contribution in [3.05, 3.63) is 40.2 Å². The van der Waals surface area contributed by atoms with Crippen LogP contribution in [0.25, 0.3) is 11.2 Å². The molecular formula is C20H24N6O5S. The largest absolute Gasteiger partial charge is 0.490 e. The number of thioether (sulfide) groups is 1. The monoisotopic (exact) mass is 460 g/mol. The van der Waals surface area contributed by atoms with Crippen LogP contribution in [-0.4, -0.2) is 64.1 Å². The number of aryl methyl sites for hydroxylation is 1. The minimum atomic E-state index is -0.448. The van der Waals surface area contributed by atoms with E-state index in [1.54, 1.807) is 18.5 Å².